The fourth-order valence-electron chi connectivity index (χ4n) is 1.82. The van der Waals surface area contributed by atoms with Crippen molar-refractivity contribution in [1.29, 1.82) is 0 Å². The second kappa shape index (κ2) is 3.75. The van der Waals surface area contributed by atoms with E-state index in [0.29, 0.717) is 5.69 Å². The molecule has 1 aliphatic rings. The number of fused-ring (bicyclic) bond motifs is 1. The lowest BCUT2D eigenvalue weighted by Crippen LogP contribution is -2.21. The second-order valence-electron chi connectivity index (χ2n) is 3.56. The summed E-state index contributed by atoms with van der Waals surface area (Å²) >= 11 is 0.785. The molecule has 0 aliphatic heterocycles. The highest BCUT2D eigenvalue weighted by Gasteiger charge is 2.37. The van der Waals surface area contributed by atoms with Crippen molar-refractivity contribution in [3.8, 4) is 0 Å². The molecule has 1 N–H and O–H groups in total. The largest absolute Gasteiger partial charge is 0.443 e. The molecule has 0 radical (unpaired) electrons. The zero-order valence-electron chi connectivity index (χ0n) is 8.19. The molecule has 1 aliphatic carbocycles. The molecule has 0 spiro atoms. The first-order valence-corrected chi connectivity index (χ1v) is 5.58. The number of nitrogens with one attached hydrogen (secondary N) is 1. The molecule has 0 saturated heterocycles. The SMILES string of the molecule is CNC1CCCc2sc(C(F)(F)F)nc21. The first-order valence-electron chi connectivity index (χ1n) is 4.76. The van der Waals surface area contributed by atoms with Crippen LogP contribution in [0.3, 0.4) is 0 Å². The summed E-state index contributed by atoms with van der Waals surface area (Å²) in [5.74, 6) is 0. The number of hydrogen-bond donors (Lipinski definition) is 1. The van der Waals surface area contributed by atoms with Gasteiger partial charge in [-0.05, 0) is 26.3 Å². The summed E-state index contributed by atoms with van der Waals surface area (Å²) < 4.78 is 37.3. The lowest BCUT2D eigenvalue weighted by Gasteiger charge is -2.19. The van der Waals surface area contributed by atoms with Crippen LogP contribution < -0.4 is 5.32 Å². The lowest BCUT2D eigenvalue weighted by molar-refractivity contribution is -0.137. The van der Waals surface area contributed by atoms with E-state index in [1.807, 2.05) is 0 Å². The van der Waals surface area contributed by atoms with Crippen molar-refractivity contribution in [2.24, 2.45) is 0 Å². The van der Waals surface area contributed by atoms with Gasteiger partial charge in [-0.1, -0.05) is 0 Å². The predicted molar refractivity (Wildman–Crippen MR) is 51.9 cm³/mol. The van der Waals surface area contributed by atoms with Crippen LogP contribution in [-0.4, -0.2) is 12.0 Å². The molecule has 0 amide bonds. The molecule has 1 heterocycles. The lowest BCUT2D eigenvalue weighted by atomic mass is 9.98. The maximum absolute atomic E-state index is 12.4. The van der Waals surface area contributed by atoms with Crippen LogP contribution in [0.15, 0.2) is 0 Å². The van der Waals surface area contributed by atoms with Crippen LogP contribution in [0.1, 0.15) is 34.5 Å². The smallest absolute Gasteiger partial charge is 0.312 e. The van der Waals surface area contributed by atoms with Gasteiger partial charge in [0.1, 0.15) is 0 Å². The zero-order valence-corrected chi connectivity index (χ0v) is 9.00. The number of aromatic nitrogens is 1. The van der Waals surface area contributed by atoms with Gasteiger partial charge in [-0.2, -0.15) is 13.2 Å². The predicted octanol–water partition coefficient (Wildman–Crippen LogP) is 2.76. The molecule has 1 aromatic heterocycles. The van der Waals surface area contributed by atoms with E-state index in [1.165, 1.54) is 0 Å². The quantitative estimate of drug-likeness (QED) is 0.811. The Labute approximate surface area is 89.5 Å². The van der Waals surface area contributed by atoms with E-state index in [9.17, 15) is 13.2 Å². The van der Waals surface area contributed by atoms with Gasteiger partial charge in [-0.25, -0.2) is 4.98 Å². The van der Waals surface area contributed by atoms with Crippen molar-refractivity contribution in [2.75, 3.05) is 7.05 Å². The molecular weight excluding hydrogens is 225 g/mol. The Morgan fingerprint density at radius 3 is 2.80 bits per heavy atom. The second-order valence-corrected chi connectivity index (χ2v) is 4.64. The summed E-state index contributed by atoms with van der Waals surface area (Å²) in [6.45, 7) is 0. The average molecular weight is 236 g/mol. The topological polar surface area (TPSA) is 24.9 Å². The highest BCUT2D eigenvalue weighted by molar-refractivity contribution is 7.11. The Morgan fingerprint density at radius 2 is 2.20 bits per heavy atom. The molecule has 2 nitrogen and oxygen atoms in total. The molecule has 1 unspecified atom stereocenters. The number of hydrogen-bond acceptors (Lipinski definition) is 3. The van der Waals surface area contributed by atoms with E-state index >= 15 is 0 Å². The van der Waals surface area contributed by atoms with Gasteiger partial charge >= 0.3 is 6.18 Å². The van der Waals surface area contributed by atoms with Crippen molar-refractivity contribution in [3.05, 3.63) is 15.6 Å². The third-order valence-corrected chi connectivity index (χ3v) is 3.72. The van der Waals surface area contributed by atoms with Gasteiger partial charge in [0.15, 0.2) is 5.01 Å². The Hall–Kier alpha value is -0.620. The normalized spacial score (nSPS) is 21.5. The van der Waals surface area contributed by atoms with E-state index in [2.05, 4.69) is 10.3 Å². The van der Waals surface area contributed by atoms with Gasteiger partial charge in [-0.15, -0.1) is 11.3 Å². The van der Waals surface area contributed by atoms with Crippen LogP contribution in [0.5, 0.6) is 0 Å². The van der Waals surface area contributed by atoms with E-state index in [1.54, 1.807) is 7.05 Å². The summed E-state index contributed by atoms with van der Waals surface area (Å²) in [5.41, 5.74) is 0.598. The zero-order chi connectivity index (χ0) is 11.1. The molecule has 0 aromatic carbocycles. The molecule has 1 aromatic rings. The maximum atomic E-state index is 12.4. The van der Waals surface area contributed by atoms with Gasteiger partial charge in [0, 0.05) is 4.88 Å². The molecule has 0 bridgehead atoms. The van der Waals surface area contributed by atoms with Gasteiger partial charge in [-0.3, -0.25) is 0 Å². The van der Waals surface area contributed by atoms with Crippen molar-refractivity contribution >= 4 is 11.3 Å². The molecule has 0 fully saturated rings. The Kier molecular flexibility index (Phi) is 2.72. The summed E-state index contributed by atoms with van der Waals surface area (Å²) in [5, 5.41) is 2.29. The standard InChI is InChI=1S/C9H11F3N2S/c1-13-5-3-2-4-6-7(5)14-8(15-6)9(10,11)12/h5,13H,2-4H2,1H3. The van der Waals surface area contributed by atoms with Gasteiger partial charge in [0.25, 0.3) is 0 Å². The fourth-order valence-corrected chi connectivity index (χ4v) is 2.85. The van der Waals surface area contributed by atoms with Crippen molar-refractivity contribution in [3.63, 3.8) is 0 Å². The molecule has 0 saturated carbocycles. The number of rotatable bonds is 1. The van der Waals surface area contributed by atoms with Crippen LogP contribution in [0.25, 0.3) is 0 Å². The molecule has 1 atom stereocenters. The third-order valence-electron chi connectivity index (χ3n) is 2.55. The fraction of sp³-hybridized carbons (Fsp3) is 0.667. The van der Waals surface area contributed by atoms with Crippen LogP contribution >= 0.6 is 11.3 Å². The Morgan fingerprint density at radius 1 is 1.47 bits per heavy atom. The summed E-state index contributed by atoms with van der Waals surface area (Å²) in [6, 6.07) is -0.0129. The monoisotopic (exact) mass is 236 g/mol. The molecule has 2 rings (SSSR count). The van der Waals surface area contributed by atoms with Crippen molar-refractivity contribution in [2.45, 2.75) is 31.5 Å². The first kappa shape index (κ1) is 10.9. The van der Waals surface area contributed by atoms with Gasteiger partial charge < -0.3 is 5.32 Å². The van der Waals surface area contributed by atoms with E-state index in [-0.39, 0.29) is 6.04 Å². The van der Waals surface area contributed by atoms with Gasteiger partial charge in [0.2, 0.25) is 0 Å². The Bertz CT molecular complexity index is 359. The highest BCUT2D eigenvalue weighted by atomic mass is 32.1. The van der Waals surface area contributed by atoms with Crippen LogP contribution in [-0.2, 0) is 12.6 Å². The molecule has 6 heteroatoms. The minimum absolute atomic E-state index is 0.0129. The highest BCUT2D eigenvalue weighted by Crippen LogP contribution is 2.39. The minimum Gasteiger partial charge on any atom is -0.312 e. The maximum Gasteiger partial charge on any atom is 0.443 e. The van der Waals surface area contributed by atoms with Crippen LogP contribution in [0.4, 0.5) is 13.2 Å². The van der Waals surface area contributed by atoms with Crippen LogP contribution in [0, 0.1) is 0 Å². The van der Waals surface area contributed by atoms with Crippen molar-refractivity contribution in [1.82, 2.24) is 10.3 Å². The van der Waals surface area contributed by atoms with E-state index < -0.39 is 11.2 Å². The van der Waals surface area contributed by atoms with Gasteiger partial charge in [0.05, 0.1) is 11.7 Å². The number of thiazole rings is 1. The number of halogens is 3. The number of nitrogens with zero attached hydrogens (tertiary/aromatic N) is 1. The summed E-state index contributed by atoms with van der Waals surface area (Å²) in [4.78, 5) is 4.49. The third kappa shape index (κ3) is 2.01. The average Bonchev–Trinajstić information content (AvgIpc) is 2.59. The summed E-state index contributed by atoms with van der Waals surface area (Å²) in [6.07, 6.45) is -1.79. The number of aryl methyl sites for hydroxylation is 1. The first-order chi connectivity index (χ1) is 7.02. The minimum atomic E-state index is -4.31. The number of alkyl halides is 3. The van der Waals surface area contributed by atoms with Crippen LogP contribution in [0.2, 0.25) is 0 Å². The Balaban J connectivity index is 2.37. The molecular formula is C9H11F3N2S. The summed E-state index contributed by atoms with van der Waals surface area (Å²) in [7, 11) is 1.76. The van der Waals surface area contributed by atoms with E-state index in [0.717, 1.165) is 35.5 Å². The van der Waals surface area contributed by atoms with Crippen molar-refractivity contribution < 1.29 is 13.2 Å². The molecule has 84 valence electrons. The molecule has 15 heavy (non-hydrogen) atoms. The van der Waals surface area contributed by atoms with E-state index in [4.69, 9.17) is 0 Å².